The zero-order valence-electron chi connectivity index (χ0n) is 10.4. The molecule has 19 heavy (non-hydrogen) atoms. The van der Waals surface area contributed by atoms with Gasteiger partial charge in [-0.15, -0.1) is 0 Å². The van der Waals surface area contributed by atoms with Crippen molar-refractivity contribution in [3.8, 4) is 17.0 Å². The minimum absolute atomic E-state index is 0.592. The Hall–Kier alpha value is -2.62. The number of hydrogen-bond acceptors (Lipinski definition) is 3. The van der Waals surface area contributed by atoms with E-state index in [-0.39, 0.29) is 0 Å². The summed E-state index contributed by atoms with van der Waals surface area (Å²) in [5.41, 5.74) is 2.93. The molecule has 2 aromatic heterocycles. The highest BCUT2D eigenvalue weighted by Gasteiger charge is 2.13. The third kappa shape index (κ3) is 1.87. The molecule has 0 amide bonds. The van der Waals surface area contributed by atoms with Gasteiger partial charge < -0.3 is 4.74 Å². The second kappa shape index (κ2) is 4.57. The van der Waals surface area contributed by atoms with E-state index in [4.69, 9.17) is 4.74 Å². The van der Waals surface area contributed by atoms with Crippen LogP contribution in [0.15, 0.2) is 48.7 Å². The van der Waals surface area contributed by atoms with Crippen molar-refractivity contribution in [2.45, 2.75) is 0 Å². The van der Waals surface area contributed by atoms with Crippen molar-refractivity contribution in [1.82, 2.24) is 9.61 Å². The summed E-state index contributed by atoms with van der Waals surface area (Å²) in [6, 6.07) is 13.2. The molecule has 0 aliphatic heterocycles. The van der Waals surface area contributed by atoms with E-state index in [9.17, 15) is 4.79 Å². The first-order valence-corrected chi connectivity index (χ1v) is 5.90. The lowest BCUT2D eigenvalue weighted by Crippen LogP contribution is -1.87. The van der Waals surface area contributed by atoms with Gasteiger partial charge in [-0.1, -0.05) is 18.2 Å². The Morgan fingerprint density at radius 3 is 2.89 bits per heavy atom. The Labute approximate surface area is 110 Å². The summed E-state index contributed by atoms with van der Waals surface area (Å²) in [6.07, 6.45) is 2.67. The second-order valence-corrected chi connectivity index (χ2v) is 4.14. The average Bonchev–Trinajstić information content (AvgIpc) is 2.86. The molecule has 3 aromatic rings. The standard InChI is InChI=1S/C15H12N2O2/c1-19-12-6-4-5-11(9-12)15-13(10-18)14-7-2-3-8-17(14)16-15/h2-10H,1H3. The number of carbonyl (C=O) groups excluding carboxylic acids is 1. The normalized spacial score (nSPS) is 10.6. The first kappa shape index (κ1) is 11.5. The molecule has 4 heteroatoms. The fraction of sp³-hybridized carbons (Fsp3) is 0.0667. The molecule has 0 radical (unpaired) electrons. The van der Waals surface area contributed by atoms with Crippen LogP contribution in [0.25, 0.3) is 16.8 Å². The van der Waals surface area contributed by atoms with Gasteiger partial charge in [0, 0.05) is 11.8 Å². The lowest BCUT2D eigenvalue weighted by Gasteiger charge is -2.02. The highest BCUT2D eigenvalue weighted by Crippen LogP contribution is 2.27. The minimum Gasteiger partial charge on any atom is -0.497 e. The molecule has 0 aliphatic carbocycles. The van der Waals surface area contributed by atoms with Crippen molar-refractivity contribution in [2.75, 3.05) is 7.11 Å². The summed E-state index contributed by atoms with van der Waals surface area (Å²) in [5.74, 6) is 0.742. The summed E-state index contributed by atoms with van der Waals surface area (Å²) in [5, 5.41) is 4.46. The van der Waals surface area contributed by atoms with Crippen LogP contribution < -0.4 is 4.74 Å². The van der Waals surface area contributed by atoms with Gasteiger partial charge >= 0.3 is 0 Å². The maximum absolute atomic E-state index is 11.3. The average molecular weight is 252 g/mol. The fourth-order valence-electron chi connectivity index (χ4n) is 2.12. The third-order valence-corrected chi connectivity index (χ3v) is 3.04. The number of pyridine rings is 1. The van der Waals surface area contributed by atoms with Gasteiger partial charge in [0.15, 0.2) is 6.29 Å². The van der Waals surface area contributed by atoms with Crippen molar-refractivity contribution in [2.24, 2.45) is 0 Å². The Balaban J connectivity index is 2.26. The van der Waals surface area contributed by atoms with E-state index >= 15 is 0 Å². The van der Waals surface area contributed by atoms with Crippen molar-refractivity contribution >= 4 is 11.8 Å². The van der Waals surface area contributed by atoms with E-state index in [1.807, 2.05) is 48.7 Å². The molecule has 0 unspecified atom stereocenters. The van der Waals surface area contributed by atoms with Crippen LogP contribution >= 0.6 is 0 Å². The summed E-state index contributed by atoms with van der Waals surface area (Å²) >= 11 is 0. The van der Waals surface area contributed by atoms with Crippen LogP contribution in [0, 0.1) is 0 Å². The van der Waals surface area contributed by atoms with Crippen molar-refractivity contribution < 1.29 is 9.53 Å². The number of aromatic nitrogens is 2. The van der Waals surface area contributed by atoms with Crippen LogP contribution in [0.1, 0.15) is 10.4 Å². The van der Waals surface area contributed by atoms with Crippen molar-refractivity contribution in [3.05, 3.63) is 54.2 Å². The molecule has 0 aliphatic rings. The van der Waals surface area contributed by atoms with Crippen LogP contribution in [0.5, 0.6) is 5.75 Å². The topological polar surface area (TPSA) is 43.6 Å². The Morgan fingerprint density at radius 2 is 2.11 bits per heavy atom. The smallest absolute Gasteiger partial charge is 0.154 e. The zero-order chi connectivity index (χ0) is 13.2. The molecule has 0 atom stereocenters. The van der Waals surface area contributed by atoms with E-state index in [0.29, 0.717) is 11.3 Å². The maximum Gasteiger partial charge on any atom is 0.154 e. The molecular weight excluding hydrogens is 240 g/mol. The molecule has 0 spiro atoms. The number of rotatable bonds is 3. The van der Waals surface area contributed by atoms with Gasteiger partial charge in [0.1, 0.15) is 11.4 Å². The molecule has 0 saturated heterocycles. The Kier molecular flexibility index (Phi) is 2.76. The highest BCUT2D eigenvalue weighted by molar-refractivity contribution is 5.94. The van der Waals surface area contributed by atoms with Crippen molar-refractivity contribution in [3.63, 3.8) is 0 Å². The molecule has 0 bridgehead atoms. The number of methoxy groups -OCH3 is 1. The van der Waals surface area contributed by atoms with Crippen LogP contribution in [0.2, 0.25) is 0 Å². The van der Waals surface area contributed by atoms with Crippen LogP contribution in [-0.4, -0.2) is 23.0 Å². The van der Waals surface area contributed by atoms with Gasteiger partial charge in [-0.2, -0.15) is 5.10 Å². The molecular formula is C15H12N2O2. The Bertz CT molecular complexity index is 747. The predicted octanol–water partition coefficient (Wildman–Crippen LogP) is 2.82. The summed E-state index contributed by atoms with van der Waals surface area (Å²) in [7, 11) is 1.61. The van der Waals surface area contributed by atoms with E-state index < -0.39 is 0 Å². The summed E-state index contributed by atoms with van der Waals surface area (Å²) in [6.45, 7) is 0. The maximum atomic E-state index is 11.3. The number of benzene rings is 1. The lowest BCUT2D eigenvalue weighted by atomic mass is 10.1. The van der Waals surface area contributed by atoms with Crippen LogP contribution in [-0.2, 0) is 0 Å². The van der Waals surface area contributed by atoms with E-state index in [1.165, 1.54) is 0 Å². The van der Waals surface area contributed by atoms with E-state index in [0.717, 1.165) is 23.1 Å². The number of carbonyl (C=O) groups is 1. The van der Waals surface area contributed by atoms with Crippen LogP contribution in [0.4, 0.5) is 0 Å². The van der Waals surface area contributed by atoms with E-state index in [1.54, 1.807) is 11.6 Å². The highest BCUT2D eigenvalue weighted by atomic mass is 16.5. The first-order chi connectivity index (χ1) is 9.33. The summed E-state index contributed by atoms with van der Waals surface area (Å²) < 4.78 is 6.91. The zero-order valence-corrected chi connectivity index (χ0v) is 10.4. The first-order valence-electron chi connectivity index (χ1n) is 5.90. The van der Waals surface area contributed by atoms with Crippen LogP contribution in [0.3, 0.4) is 0 Å². The fourth-order valence-corrected chi connectivity index (χ4v) is 2.12. The molecule has 3 rings (SSSR count). The molecule has 1 aromatic carbocycles. The SMILES string of the molecule is COc1cccc(-c2nn3ccccc3c2C=O)c1. The van der Waals surface area contributed by atoms with Gasteiger partial charge in [0.25, 0.3) is 0 Å². The van der Waals surface area contributed by atoms with E-state index in [2.05, 4.69) is 5.10 Å². The number of fused-ring (bicyclic) bond motifs is 1. The monoisotopic (exact) mass is 252 g/mol. The second-order valence-electron chi connectivity index (χ2n) is 4.14. The third-order valence-electron chi connectivity index (χ3n) is 3.04. The number of aldehydes is 1. The summed E-state index contributed by atoms with van der Waals surface area (Å²) in [4.78, 5) is 11.3. The number of ether oxygens (including phenoxy) is 1. The molecule has 94 valence electrons. The Morgan fingerprint density at radius 1 is 1.21 bits per heavy atom. The van der Waals surface area contributed by atoms with Gasteiger partial charge in [-0.3, -0.25) is 4.79 Å². The molecule has 2 heterocycles. The number of nitrogens with zero attached hydrogens (tertiary/aromatic N) is 2. The minimum atomic E-state index is 0.592. The number of hydrogen-bond donors (Lipinski definition) is 0. The van der Waals surface area contributed by atoms with Gasteiger partial charge in [-0.25, -0.2) is 4.52 Å². The van der Waals surface area contributed by atoms with Gasteiger partial charge in [0.2, 0.25) is 0 Å². The molecule has 0 saturated carbocycles. The quantitative estimate of drug-likeness (QED) is 0.673. The molecule has 4 nitrogen and oxygen atoms in total. The largest absolute Gasteiger partial charge is 0.497 e. The molecule has 0 fully saturated rings. The van der Waals surface area contributed by atoms with Crippen molar-refractivity contribution in [1.29, 1.82) is 0 Å². The predicted molar refractivity (Wildman–Crippen MR) is 72.6 cm³/mol. The lowest BCUT2D eigenvalue weighted by molar-refractivity contribution is 0.112. The molecule has 0 N–H and O–H groups in total. The van der Waals surface area contributed by atoms with Gasteiger partial charge in [-0.05, 0) is 24.3 Å². The van der Waals surface area contributed by atoms with Gasteiger partial charge in [0.05, 0.1) is 18.2 Å².